The van der Waals surface area contributed by atoms with Gasteiger partial charge in [-0.1, -0.05) is 334 Å². The molecule has 0 bridgehead atoms. The second-order valence-corrected chi connectivity index (χ2v) is 27.9. The Morgan fingerprint density at radius 3 is 1.02 bits per heavy atom. The maximum Gasteiger partial charge on any atom is 0.306 e. The number of esters is 1. The van der Waals surface area contributed by atoms with Crippen molar-refractivity contribution in [3.63, 3.8) is 0 Å². The zero-order valence-electron chi connectivity index (χ0n) is 56.4. The summed E-state index contributed by atoms with van der Waals surface area (Å²) in [6.45, 7) is 6.91. The standard InChI is InChI=1S/C73H143N2O7P/c1-7-10-13-16-19-22-25-27-29-31-33-34-35-36-37-38-39-40-42-44-46-48-51-54-57-60-63-66-73(77)82-71(64-61-58-55-52-49-24-21-18-15-12-9-3)70(69-81-83(78,79)80-68-67-75(4,5)6)74-72(76)65-62-59-56-53-50-47-45-43-41-32-30-28-26-23-20-17-14-11-8-2/h27,29,61,64,70-71H,7-26,28,30-60,62-63,65-69H2,1-6H3,(H-,74,76,78,79)/b29-27+,64-61+. The predicted molar refractivity (Wildman–Crippen MR) is 358 cm³/mol. The van der Waals surface area contributed by atoms with E-state index < -0.39 is 20.0 Å². The highest BCUT2D eigenvalue weighted by Crippen LogP contribution is 2.38. The van der Waals surface area contributed by atoms with Crippen LogP contribution in [0.5, 0.6) is 0 Å². The first-order chi connectivity index (χ1) is 40.4. The van der Waals surface area contributed by atoms with Crippen molar-refractivity contribution < 1.29 is 37.3 Å². The fourth-order valence-electron chi connectivity index (χ4n) is 11.2. The molecular weight excluding hydrogens is 1050 g/mol. The molecule has 0 fully saturated rings. The highest BCUT2D eigenvalue weighted by Gasteiger charge is 2.27. The largest absolute Gasteiger partial charge is 0.756 e. The van der Waals surface area contributed by atoms with Gasteiger partial charge in [-0.2, -0.15) is 0 Å². The molecule has 3 atom stereocenters. The smallest absolute Gasteiger partial charge is 0.306 e. The van der Waals surface area contributed by atoms with E-state index in [1.54, 1.807) is 0 Å². The van der Waals surface area contributed by atoms with Crippen LogP contribution < -0.4 is 10.2 Å². The van der Waals surface area contributed by atoms with E-state index in [1.165, 1.54) is 289 Å². The van der Waals surface area contributed by atoms with Gasteiger partial charge in [-0.15, -0.1) is 0 Å². The minimum atomic E-state index is -4.70. The van der Waals surface area contributed by atoms with E-state index in [4.69, 9.17) is 13.8 Å². The van der Waals surface area contributed by atoms with E-state index >= 15 is 0 Å². The topological polar surface area (TPSA) is 114 Å². The van der Waals surface area contributed by atoms with Crippen LogP contribution in [0.25, 0.3) is 0 Å². The second kappa shape index (κ2) is 63.5. The Labute approximate surface area is 517 Å². The molecule has 0 saturated carbocycles. The van der Waals surface area contributed by atoms with Crippen molar-refractivity contribution in [2.45, 2.75) is 392 Å². The van der Waals surface area contributed by atoms with Crippen LogP contribution in [-0.2, 0) is 27.9 Å². The zero-order valence-corrected chi connectivity index (χ0v) is 57.3. The summed E-state index contributed by atoms with van der Waals surface area (Å²) < 4.78 is 30.5. The molecule has 0 aromatic heterocycles. The van der Waals surface area contributed by atoms with E-state index in [1.807, 2.05) is 33.3 Å². The number of amides is 1. The third kappa shape index (κ3) is 64.8. The molecular formula is C73H143N2O7P. The fraction of sp³-hybridized carbons (Fsp3) is 0.918. The van der Waals surface area contributed by atoms with Crippen LogP contribution >= 0.6 is 7.82 Å². The average Bonchev–Trinajstić information content (AvgIpc) is 3.51. The van der Waals surface area contributed by atoms with Crippen LogP contribution in [0.3, 0.4) is 0 Å². The Balaban J connectivity index is 4.91. The molecule has 0 spiro atoms. The van der Waals surface area contributed by atoms with Crippen LogP contribution in [0.1, 0.15) is 380 Å². The SMILES string of the molecule is CCCCCCCC/C=C/CCCCCCCCCCCCCCCCCCCC(=O)OC(/C=C/CCCCCCCCCCC)C(COP(=O)([O-])OCC[N+](C)(C)C)NC(=O)CCCCCCCCCCCCCCCCCCCCC. The van der Waals surface area contributed by atoms with Gasteiger partial charge in [-0.25, -0.2) is 0 Å². The van der Waals surface area contributed by atoms with Gasteiger partial charge in [0.15, 0.2) is 0 Å². The Morgan fingerprint density at radius 2 is 0.699 bits per heavy atom. The highest BCUT2D eigenvalue weighted by molar-refractivity contribution is 7.45. The number of quaternary nitrogens is 1. The van der Waals surface area contributed by atoms with Gasteiger partial charge in [-0.3, -0.25) is 14.2 Å². The summed E-state index contributed by atoms with van der Waals surface area (Å²) in [7, 11) is 1.21. The molecule has 0 aliphatic rings. The molecule has 492 valence electrons. The van der Waals surface area contributed by atoms with Crippen molar-refractivity contribution in [3.05, 3.63) is 24.3 Å². The predicted octanol–water partition coefficient (Wildman–Crippen LogP) is 22.6. The molecule has 0 aromatic rings. The quantitative estimate of drug-likeness (QED) is 0.0212. The highest BCUT2D eigenvalue weighted by atomic mass is 31.2. The lowest BCUT2D eigenvalue weighted by atomic mass is 10.0. The Kier molecular flexibility index (Phi) is 62.4. The Morgan fingerprint density at radius 1 is 0.410 bits per heavy atom. The molecule has 0 aromatic carbocycles. The number of phosphoric ester groups is 1. The molecule has 0 rings (SSSR count). The van der Waals surface area contributed by atoms with Gasteiger partial charge in [0.25, 0.3) is 7.82 Å². The number of hydrogen-bond acceptors (Lipinski definition) is 7. The maximum atomic E-state index is 13.6. The van der Waals surface area contributed by atoms with Crippen molar-refractivity contribution >= 4 is 19.7 Å². The van der Waals surface area contributed by atoms with Crippen LogP contribution in [0, 0.1) is 0 Å². The number of nitrogens with zero attached hydrogens (tertiary/aromatic N) is 1. The van der Waals surface area contributed by atoms with E-state index in [2.05, 4.69) is 38.2 Å². The normalized spacial score (nSPS) is 13.6. The van der Waals surface area contributed by atoms with Gasteiger partial charge in [0, 0.05) is 12.8 Å². The molecule has 9 nitrogen and oxygen atoms in total. The lowest BCUT2D eigenvalue weighted by Gasteiger charge is -2.30. The molecule has 1 N–H and O–H groups in total. The number of allylic oxidation sites excluding steroid dienone is 3. The lowest BCUT2D eigenvalue weighted by Crippen LogP contribution is -2.47. The first kappa shape index (κ1) is 81.5. The monoisotopic (exact) mass is 1190 g/mol. The zero-order chi connectivity index (χ0) is 60.7. The van der Waals surface area contributed by atoms with Crippen LogP contribution in [0.4, 0.5) is 0 Å². The van der Waals surface area contributed by atoms with Gasteiger partial charge in [-0.05, 0) is 57.4 Å². The minimum Gasteiger partial charge on any atom is -0.756 e. The molecule has 0 saturated heterocycles. The summed E-state index contributed by atoms with van der Waals surface area (Å²) in [6, 6.07) is -0.882. The Bertz CT molecular complexity index is 1470. The van der Waals surface area contributed by atoms with Gasteiger partial charge in [0.1, 0.15) is 19.3 Å². The number of likely N-dealkylation sites (N-methyl/N-ethyl adjacent to an activating group) is 1. The number of rotatable bonds is 68. The third-order valence-electron chi connectivity index (χ3n) is 16.9. The van der Waals surface area contributed by atoms with Crippen molar-refractivity contribution in [2.24, 2.45) is 0 Å². The van der Waals surface area contributed by atoms with Gasteiger partial charge < -0.3 is 28.5 Å². The molecule has 1 amide bonds. The summed E-state index contributed by atoms with van der Waals surface area (Å²) in [6.07, 6.45) is 77.4. The summed E-state index contributed by atoms with van der Waals surface area (Å²) in [5.74, 6) is -0.516. The van der Waals surface area contributed by atoms with Gasteiger partial charge in [0.05, 0.1) is 33.8 Å². The van der Waals surface area contributed by atoms with E-state index in [0.717, 1.165) is 57.8 Å². The number of phosphoric acid groups is 1. The minimum absolute atomic E-state index is 0.0176. The molecule has 0 aliphatic carbocycles. The van der Waals surface area contributed by atoms with Crippen LogP contribution in [-0.4, -0.2) is 69.4 Å². The van der Waals surface area contributed by atoms with Crippen molar-refractivity contribution in [3.8, 4) is 0 Å². The molecule has 0 aliphatic heterocycles. The van der Waals surface area contributed by atoms with Gasteiger partial charge >= 0.3 is 5.97 Å². The second-order valence-electron chi connectivity index (χ2n) is 26.5. The van der Waals surface area contributed by atoms with E-state index in [0.29, 0.717) is 17.4 Å². The molecule has 83 heavy (non-hydrogen) atoms. The maximum absolute atomic E-state index is 13.6. The van der Waals surface area contributed by atoms with E-state index in [-0.39, 0.29) is 31.5 Å². The van der Waals surface area contributed by atoms with Crippen LogP contribution in [0.2, 0.25) is 0 Å². The van der Waals surface area contributed by atoms with E-state index in [9.17, 15) is 19.0 Å². The molecule has 3 unspecified atom stereocenters. The molecule has 0 heterocycles. The number of carbonyl (C=O) groups excluding carboxylic acids is 2. The number of ether oxygens (including phenoxy) is 1. The molecule has 10 heteroatoms. The van der Waals surface area contributed by atoms with Gasteiger partial charge in [0.2, 0.25) is 5.91 Å². The average molecular weight is 1190 g/mol. The summed E-state index contributed by atoms with van der Waals surface area (Å²) in [4.78, 5) is 40.2. The first-order valence-corrected chi connectivity index (χ1v) is 38.1. The number of nitrogens with one attached hydrogen (secondary N) is 1. The van der Waals surface area contributed by atoms with Crippen LogP contribution in [0.15, 0.2) is 24.3 Å². The van der Waals surface area contributed by atoms with Crippen molar-refractivity contribution in [1.29, 1.82) is 0 Å². The summed E-state index contributed by atoms with van der Waals surface area (Å²) in [5.41, 5.74) is 0. The van der Waals surface area contributed by atoms with Crippen molar-refractivity contribution in [1.82, 2.24) is 5.32 Å². The summed E-state index contributed by atoms with van der Waals surface area (Å²) >= 11 is 0. The third-order valence-corrected chi connectivity index (χ3v) is 17.8. The molecule has 0 radical (unpaired) electrons. The number of carbonyl (C=O) groups is 2. The fourth-order valence-corrected chi connectivity index (χ4v) is 12.0. The summed E-state index contributed by atoms with van der Waals surface area (Å²) in [5, 5.41) is 3.05. The van der Waals surface area contributed by atoms with Crippen molar-refractivity contribution in [2.75, 3.05) is 40.9 Å². The Hall–Kier alpha value is -1.51. The number of unbranched alkanes of at least 4 members (excludes halogenated alkanes) is 50. The first-order valence-electron chi connectivity index (χ1n) is 36.6. The number of hydrogen-bond donors (Lipinski definition) is 1. The lowest BCUT2D eigenvalue weighted by molar-refractivity contribution is -0.870.